The quantitative estimate of drug-likeness (QED) is 0.793. The summed E-state index contributed by atoms with van der Waals surface area (Å²) in [5.74, 6) is -0.351. The number of halogens is 2. The molecule has 8 heteroatoms. The number of methoxy groups -OCH3 is 1. The second kappa shape index (κ2) is 6.29. The molecule has 2 aromatic rings. The van der Waals surface area contributed by atoms with Crippen LogP contribution >= 0.6 is 0 Å². The molecule has 1 aromatic heterocycles. The number of rotatable bonds is 5. The van der Waals surface area contributed by atoms with Gasteiger partial charge in [-0.25, -0.2) is 18.3 Å². The summed E-state index contributed by atoms with van der Waals surface area (Å²) < 4.78 is 37.0. The van der Waals surface area contributed by atoms with Crippen molar-refractivity contribution in [1.29, 1.82) is 0 Å². The molecule has 0 fully saturated rings. The SMILES string of the molecule is CCOC(=O)c1nnn(-c2ccc(OC)cc2)c1C(F)F. The van der Waals surface area contributed by atoms with Crippen LogP contribution in [0.4, 0.5) is 8.78 Å². The van der Waals surface area contributed by atoms with Crippen LogP contribution in [0.5, 0.6) is 5.75 Å². The molecule has 0 bridgehead atoms. The number of carbonyl (C=O) groups is 1. The summed E-state index contributed by atoms with van der Waals surface area (Å²) in [6.45, 7) is 1.64. The Bertz CT molecular complexity index is 626. The Balaban J connectivity index is 2.45. The minimum Gasteiger partial charge on any atom is -0.497 e. The zero-order valence-electron chi connectivity index (χ0n) is 11.4. The Kier molecular flexibility index (Phi) is 4.46. The van der Waals surface area contributed by atoms with Crippen LogP contribution in [0.15, 0.2) is 24.3 Å². The third-order valence-electron chi connectivity index (χ3n) is 2.70. The highest BCUT2D eigenvalue weighted by atomic mass is 19.3. The third-order valence-corrected chi connectivity index (χ3v) is 2.70. The summed E-state index contributed by atoms with van der Waals surface area (Å²) in [5.41, 5.74) is -0.740. The average Bonchev–Trinajstić information content (AvgIpc) is 2.92. The summed E-state index contributed by atoms with van der Waals surface area (Å²) >= 11 is 0. The number of nitrogens with zero attached hydrogens (tertiary/aromatic N) is 3. The van der Waals surface area contributed by atoms with E-state index < -0.39 is 23.8 Å². The summed E-state index contributed by atoms with van der Waals surface area (Å²) in [7, 11) is 1.49. The zero-order valence-corrected chi connectivity index (χ0v) is 11.4. The van der Waals surface area contributed by atoms with E-state index in [1.165, 1.54) is 19.2 Å². The van der Waals surface area contributed by atoms with Crippen molar-refractivity contribution in [3.63, 3.8) is 0 Å². The van der Waals surface area contributed by atoms with Crippen LogP contribution in [0.25, 0.3) is 5.69 Å². The van der Waals surface area contributed by atoms with Gasteiger partial charge in [0.15, 0.2) is 5.69 Å². The second-order valence-corrected chi connectivity index (χ2v) is 3.95. The highest BCUT2D eigenvalue weighted by molar-refractivity contribution is 5.88. The summed E-state index contributed by atoms with van der Waals surface area (Å²) in [5, 5.41) is 7.11. The van der Waals surface area contributed by atoms with Crippen molar-refractivity contribution < 1.29 is 23.0 Å². The molecule has 6 nitrogen and oxygen atoms in total. The second-order valence-electron chi connectivity index (χ2n) is 3.95. The predicted octanol–water partition coefficient (Wildman–Crippen LogP) is 2.39. The molecule has 0 radical (unpaired) electrons. The lowest BCUT2D eigenvalue weighted by molar-refractivity contribution is 0.0507. The predicted molar refractivity (Wildman–Crippen MR) is 68.8 cm³/mol. The van der Waals surface area contributed by atoms with Crippen molar-refractivity contribution in [3.05, 3.63) is 35.7 Å². The highest BCUT2D eigenvalue weighted by Crippen LogP contribution is 2.25. The molecule has 0 aliphatic carbocycles. The minimum atomic E-state index is -2.92. The van der Waals surface area contributed by atoms with Crippen LogP contribution in [0.2, 0.25) is 0 Å². The molecule has 112 valence electrons. The minimum absolute atomic E-state index is 0.0664. The van der Waals surface area contributed by atoms with Crippen LogP contribution in [0.1, 0.15) is 29.5 Å². The number of ether oxygens (including phenoxy) is 2. The van der Waals surface area contributed by atoms with Gasteiger partial charge in [-0.3, -0.25) is 0 Å². The smallest absolute Gasteiger partial charge is 0.361 e. The van der Waals surface area contributed by atoms with E-state index in [-0.39, 0.29) is 6.61 Å². The van der Waals surface area contributed by atoms with Gasteiger partial charge in [0.2, 0.25) is 0 Å². The van der Waals surface area contributed by atoms with E-state index in [1.807, 2.05) is 0 Å². The first kappa shape index (κ1) is 14.9. The van der Waals surface area contributed by atoms with Crippen molar-refractivity contribution in [2.45, 2.75) is 13.3 Å². The van der Waals surface area contributed by atoms with Crippen molar-refractivity contribution in [3.8, 4) is 11.4 Å². The van der Waals surface area contributed by atoms with Crippen molar-refractivity contribution in [1.82, 2.24) is 15.0 Å². The molecule has 21 heavy (non-hydrogen) atoms. The lowest BCUT2D eigenvalue weighted by Crippen LogP contribution is -2.10. The van der Waals surface area contributed by atoms with E-state index in [4.69, 9.17) is 9.47 Å². The lowest BCUT2D eigenvalue weighted by Gasteiger charge is -2.07. The molecule has 0 amide bonds. The Morgan fingerprint density at radius 2 is 2.00 bits per heavy atom. The fraction of sp³-hybridized carbons (Fsp3) is 0.308. The number of alkyl halides is 2. The van der Waals surface area contributed by atoms with Gasteiger partial charge in [-0.05, 0) is 31.2 Å². The van der Waals surface area contributed by atoms with Crippen molar-refractivity contribution in [2.24, 2.45) is 0 Å². The molecular formula is C13H13F2N3O3. The van der Waals surface area contributed by atoms with Gasteiger partial charge in [0.1, 0.15) is 11.4 Å². The molecule has 1 aromatic carbocycles. The number of hydrogen-bond acceptors (Lipinski definition) is 5. The largest absolute Gasteiger partial charge is 0.497 e. The van der Waals surface area contributed by atoms with E-state index in [9.17, 15) is 13.6 Å². The molecule has 0 saturated heterocycles. The summed E-state index contributed by atoms with van der Waals surface area (Å²) in [6, 6.07) is 6.26. The number of aromatic nitrogens is 3. The molecule has 0 spiro atoms. The lowest BCUT2D eigenvalue weighted by atomic mass is 10.2. The average molecular weight is 297 g/mol. The fourth-order valence-corrected chi connectivity index (χ4v) is 1.74. The molecule has 0 unspecified atom stereocenters. The Labute approximate surface area is 119 Å². The fourth-order valence-electron chi connectivity index (χ4n) is 1.74. The van der Waals surface area contributed by atoms with Crippen LogP contribution in [0, 0.1) is 0 Å². The van der Waals surface area contributed by atoms with Crippen LogP contribution in [-0.2, 0) is 4.74 Å². The highest BCUT2D eigenvalue weighted by Gasteiger charge is 2.28. The summed E-state index contributed by atoms with van der Waals surface area (Å²) in [4.78, 5) is 11.6. The van der Waals surface area contributed by atoms with Gasteiger partial charge in [0.25, 0.3) is 6.43 Å². The van der Waals surface area contributed by atoms with E-state index in [1.54, 1.807) is 19.1 Å². The molecule has 2 rings (SSSR count). The van der Waals surface area contributed by atoms with E-state index in [0.717, 1.165) is 4.68 Å². The van der Waals surface area contributed by atoms with Gasteiger partial charge in [-0.15, -0.1) is 5.10 Å². The molecule has 0 aliphatic heterocycles. The molecule has 0 atom stereocenters. The molecule has 0 saturated carbocycles. The van der Waals surface area contributed by atoms with Gasteiger partial charge in [0, 0.05) is 0 Å². The van der Waals surface area contributed by atoms with Gasteiger partial charge in [-0.2, -0.15) is 0 Å². The molecule has 1 heterocycles. The zero-order chi connectivity index (χ0) is 15.4. The number of carbonyl (C=O) groups excluding carboxylic acids is 1. The Morgan fingerprint density at radius 1 is 1.33 bits per heavy atom. The monoisotopic (exact) mass is 297 g/mol. The first-order chi connectivity index (χ1) is 10.1. The van der Waals surface area contributed by atoms with E-state index >= 15 is 0 Å². The number of benzene rings is 1. The normalized spacial score (nSPS) is 10.7. The van der Waals surface area contributed by atoms with Crippen LogP contribution < -0.4 is 4.74 Å². The van der Waals surface area contributed by atoms with Gasteiger partial charge in [-0.1, -0.05) is 5.21 Å². The Morgan fingerprint density at radius 3 is 2.52 bits per heavy atom. The molecular weight excluding hydrogens is 284 g/mol. The number of esters is 1. The van der Waals surface area contributed by atoms with Crippen LogP contribution in [0.3, 0.4) is 0 Å². The topological polar surface area (TPSA) is 66.2 Å². The van der Waals surface area contributed by atoms with Crippen molar-refractivity contribution >= 4 is 5.97 Å². The first-order valence-electron chi connectivity index (χ1n) is 6.13. The Hall–Kier alpha value is -2.51. The maximum absolute atomic E-state index is 13.2. The van der Waals surface area contributed by atoms with E-state index in [0.29, 0.717) is 11.4 Å². The van der Waals surface area contributed by atoms with Gasteiger partial charge in [0.05, 0.1) is 19.4 Å². The maximum Gasteiger partial charge on any atom is 0.361 e. The standard InChI is InChI=1S/C13H13F2N3O3/c1-3-21-13(19)10-11(12(14)15)18(17-16-10)8-4-6-9(20-2)7-5-8/h4-7,12H,3H2,1-2H3. The molecule has 0 aliphatic rings. The number of hydrogen-bond donors (Lipinski definition) is 0. The van der Waals surface area contributed by atoms with Gasteiger partial charge >= 0.3 is 5.97 Å². The van der Waals surface area contributed by atoms with Gasteiger partial charge < -0.3 is 9.47 Å². The maximum atomic E-state index is 13.2. The third kappa shape index (κ3) is 2.99. The summed E-state index contributed by atoms with van der Waals surface area (Å²) in [6.07, 6.45) is -2.92. The first-order valence-corrected chi connectivity index (χ1v) is 6.13. The van der Waals surface area contributed by atoms with Crippen LogP contribution in [-0.4, -0.2) is 34.7 Å². The van der Waals surface area contributed by atoms with Crippen molar-refractivity contribution in [2.75, 3.05) is 13.7 Å². The van der Waals surface area contributed by atoms with E-state index in [2.05, 4.69) is 10.3 Å². The molecule has 0 N–H and O–H groups in total.